The van der Waals surface area contributed by atoms with Crippen LogP contribution >= 0.6 is 0 Å². The van der Waals surface area contributed by atoms with Crippen LogP contribution in [0.4, 0.5) is 0 Å². The van der Waals surface area contributed by atoms with Crippen molar-refractivity contribution in [2.75, 3.05) is 13.4 Å². The lowest BCUT2D eigenvalue weighted by molar-refractivity contribution is -0.00533. The van der Waals surface area contributed by atoms with Gasteiger partial charge in [-0.15, -0.1) is 0 Å². The molecule has 0 saturated heterocycles. The summed E-state index contributed by atoms with van der Waals surface area (Å²) in [6.45, 7) is 5.24. The van der Waals surface area contributed by atoms with Crippen LogP contribution in [0.3, 0.4) is 0 Å². The van der Waals surface area contributed by atoms with Gasteiger partial charge < -0.3 is 9.47 Å². The van der Waals surface area contributed by atoms with Gasteiger partial charge in [0.25, 0.3) is 0 Å². The van der Waals surface area contributed by atoms with Crippen molar-refractivity contribution < 1.29 is 9.47 Å². The van der Waals surface area contributed by atoms with Gasteiger partial charge in [0.1, 0.15) is 0 Å². The summed E-state index contributed by atoms with van der Waals surface area (Å²) in [7, 11) is 0. The molecule has 2 nitrogen and oxygen atoms in total. The summed E-state index contributed by atoms with van der Waals surface area (Å²) in [5.74, 6) is 0. The van der Waals surface area contributed by atoms with Crippen molar-refractivity contribution >= 4 is 0 Å². The topological polar surface area (TPSA) is 18.5 Å². The zero-order valence-corrected chi connectivity index (χ0v) is 8.21. The van der Waals surface area contributed by atoms with Crippen molar-refractivity contribution in [3.05, 3.63) is 12.3 Å². The standard InChI is InChI=1S/C10H20O2/c1-3-5-6-7-8-9-12-10-11-4-2/h8-9H,3-7,10H2,1-2H3. The van der Waals surface area contributed by atoms with Gasteiger partial charge in [0.05, 0.1) is 6.26 Å². The van der Waals surface area contributed by atoms with Gasteiger partial charge in [-0.25, -0.2) is 0 Å². The minimum absolute atomic E-state index is 0.376. The Morgan fingerprint density at radius 3 is 2.67 bits per heavy atom. The second-order valence-electron chi connectivity index (χ2n) is 2.64. The molecule has 0 heterocycles. The highest BCUT2D eigenvalue weighted by Crippen LogP contribution is 1.99. The minimum atomic E-state index is 0.376. The monoisotopic (exact) mass is 172 g/mol. The van der Waals surface area contributed by atoms with Gasteiger partial charge in [-0.3, -0.25) is 0 Å². The lowest BCUT2D eigenvalue weighted by atomic mass is 10.2. The van der Waals surface area contributed by atoms with Gasteiger partial charge >= 0.3 is 0 Å². The number of rotatable bonds is 8. The number of unbranched alkanes of at least 4 members (excludes halogenated alkanes) is 3. The van der Waals surface area contributed by atoms with E-state index < -0.39 is 0 Å². The fourth-order valence-electron chi connectivity index (χ4n) is 0.819. The second-order valence-corrected chi connectivity index (χ2v) is 2.64. The van der Waals surface area contributed by atoms with Crippen LogP contribution in [0.15, 0.2) is 12.3 Å². The Bertz CT molecular complexity index is 88.0. The van der Waals surface area contributed by atoms with Crippen LogP contribution in [0.2, 0.25) is 0 Å². The van der Waals surface area contributed by atoms with Gasteiger partial charge in [0, 0.05) is 6.61 Å². The first-order valence-corrected chi connectivity index (χ1v) is 4.76. The Hall–Kier alpha value is -0.500. The van der Waals surface area contributed by atoms with Gasteiger partial charge in [-0.2, -0.15) is 0 Å². The molecular weight excluding hydrogens is 152 g/mol. The Kier molecular flexibility index (Phi) is 10.1. The van der Waals surface area contributed by atoms with Crippen LogP contribution in [0.5, 0.6) is 0 Å². The highest BCUT2D eigenvalue weighted by Gasteiger charge is 1.81. The molecule has 0 aromatic rings. The smallest absolute Gasteiger partial charge is 0.188 e. The Labute approximate surface area is 75.6 Å². The maximum Gasteiger partial charge on any atom is 0.188 e. The maximum atomic E-state index is 5.05. The molecule has 2 heteroatoms. The molecule has 0 radical (unpaired) electrons. The lowest BCUT2D eigenvalue weighted by Gasteiger charge is -1.98. The fraction of sp³-hybridized carbons (Fsp3) is 0.800. The van der Waals surface area contributed by atoms with E-state index in [1.165, 1.54) is 19.3 Å². The quantitative estimate of drug-likeness (QED) is 0.318. The largest absolute Gasteiger partial charge is 0.475 e. The first-order chi connectivity index (χ1) is 5.91. The summed E-state index contributed by atoms with van der Waals surface area (Å²) in [5.41, 5.74) is 0. The summed E-state index contributed by atoms with van der Waals surface area (Å²) in [6.07, 6.45) is 8.72. The Morgan fingerprint density at radius 2 is 2.00 bits per heavy atom. The summed E-state index contributed by atoms with van der Waals surface area (Å²) in [5, 5.41) is 0. The molecule has 0 aromatic carbocycles. The summed E-state index contributed by atoms with van der Waals surface area (Å²) >= 11 is 0. The third-order valence-corrected chi connectivity index (χ3v) is 1.52. The molecule has 0 fully saturated rings. The van der Waals surface area contributed by atoms with Crippen LogP contribution in [-0.2, 0) is 9.47 Å². The average Bonchev–Trinajstić information content (AvgIpc) is 2.10. The van der Waals surface area contributed by atoms with Crippen LogP contribution in [0.1, 0.15) is 39.5 Å². The van der Waals surface area contributed by atoms with E-state index in [4.69, 9.17) is 9.47 Å². The molecule has 0 amide bonds. The normalized spacial score (nSPS) is 10.8. The van der Waals surface area contributed by atoms with E-state index in [1.807, 2.05) is 6.92 Å². The van der Waals surface area contributed by atoms with Crippen molar-refractivity contribution in [2.45, 2.75) is 39.5 Å². The van der Waals surface area contributed by atoms with Crippen molar-refractivity contribution in [1.29, 1.82) is 0 Å². The summed E-state index contributed by atoms with van der Waals surface area (Å²) in [6, 6.07) is 0. The van der Waals surface area contributed by atoms with E-state index in [9.17, 15) is 0 Å². The molecule has 12 heavy (non-hydrogen) atoms. The molecule has 0 N–H and O–H groups in total. The number of hydrogen-bond acceptors (Lipinski definition) is 2. The zero-order chi connectivity index (χ0) is 9.07. The third-order valence-electron chi connectivity index (χ3n) is 1.52. The van der Waals surface area contributed by atoms with E-state index in [0.29, 0.717) is 13.4 Å². The molecule has 0 bridgehead atoms. The molecule has 0 saturated carbocycles. The molecule has 0 aromatic heterocycles. The van der Waals surface area contributed by atoms with Crippen molar-refractivity contribution in [3.8, 4) is 0 Å². The van der Waals surface area contributed by atoms with E-state index in [0.717, 1.165) is 6.42 Å². The maximum absolute atomic E-state index is 5.05. The van der Waals surface area contributed by atoms with E-state index >= 15 is 0 Å². The molecule has 0 unspecified atom stereocenters. The molecule has 0 rings (SSSR count). The fourth-order valence-corrected chi connectivity index (χ4v) is 0.819. The number of ether oxygens (including phenoxy) is 2. The summed E-state index contributed by atoms with van der Waals surface area (Å²) < 4.78 is 10.0. The predicted octanol–water partition coefficient (Wildman–Crippen LogP) is 3.09. The van der Waals surface area contributed by atoms with E-state index in [-0.39, 0.29) is 0 Å². The molecule has 0 aliphatic carbocycles. The molecule has 0 aliphatic rings. The van der Waals surface area contributed by atoms with Gasteiger partial charge in [0.2, 0.25) is 0 Å². The van der Waals surface area contributed by atoms with E-state index in [1.54, 1.807) is 6.26 Å². The van der Waals surface area contributed by atoms with Gasteiger partial charge in [-0.1, -0.05) is 19.8 Å². The SMILES string of the molecule is CCCCCC=COCOCC. The van der Waals surface area contributed by atoms with Crippen molar-refractivity contribution in [1.82, 2.24) is 0 Å². The molecule has 0 atom stereocenters. The molecule has 0 spiro atoms. The number of hydrogen-bond donors (Lipinski definition) is 0. The molecule has 72 valence electrons. The highest BCUT2D eigenvalue weighted by atomic mass is 16.7. The molecule has 0 aliphatic heterocycles. The van der Waals surface area contributed by atoms with Crippen LogP contribution in [-0.4, -0.2) is 13.4 Å². The lowest BCUT2D eigenvalue weighted by Crippen LogP contribution is -1.93. The second kappa shape index (κ2) is 10.5. The average molecular weight is 172 g/mol. The van der Waals surface area contributed by atoms with Crippen molar-refractivity contribution in [2.24, 2.45) is 0 Å². The Balaban J connectivity index is 2.93. The highest BCUT2D eigenvalue weighted by molar-refractivity contribution is 4.72. The van der Waals surface area contributed by atoms with Crippen LogP contribution < -0.4 is 0 Å². The number of allylic oxidation sites excluding steroid dienone is 1. The zero-order valence-electron chi connectivity index (χ0n) is 8.21. The third kappa shape index (κ3) is 9.50. The van der Waals surface area contributed by atoms with Crippen LogP contribution in [0, 0.1) is 0 Å². The predicted molar refractivity (Wildman–Crippen MR) is 50.9 cm³/mol. The first-order valence-electron chi connectivity index (χ1n) is 4.76. The van der Waals surface area contributed by atoms with Crippen molar-refractivity contribution in [3.63, 3.8) is 0 Å². The summed E-state index contributed by atoms with van der Waals surface area (Å²) in [4.78, 5) is 0. The molecular formula is C10H20O2. The Morgan fingerprint density at radius 1 is 1.17 bits per heavy atom. The van der Waals surface area contributed by atoms with E-state index in [2.05, 4.69) is 13.0 Å². The first kappa shape index (κ1) is 11.5. The minimum Gasteiger partial charge on any atom is -0.475 e. The van der Waals surface area contributed by atoms with Gasteiger partial charge in [0.15, 0.2) is 6.79 Å². The van der Waals surface area contributed by atoms with Crippen LogP contribution in [0.25, 0.3) is 0 Å². The van der Waals surface area contributed by atoms with Gasteiger partial charge in [-0.05, 0) is 25.8 Å².